The Kier molecular flexibility index (Phi) is 5.11. The number of thioether (sulfide) groups is 1. The Hall–Kier alpha value is -1.70. The first-order valence-electron chi connectivity index (χ1n) is 8.40. The molecule has 3 aromatic rings. The Labute approximate surface area is 164 Å². The minimum atomic E-state index is -0.130. The number of aromatic nitrogens is 3. The number of aryl methyl sites for hydroxylation is 1. The van der Waals surface area contributed by atoms with E-state index in [1.807, 2.05) is 0 Å². The van der Waals surface area contributed by atoms with Gasteiger partial charge in [0, 0.05) is 16.5 Å². The fourth-order valence-corrected chi connectivity index (χ4v) is 5.56. The zero-order chi connectivity index (χ0) is 18.1. The fraction of sp³-hybridized carbons (Fsp3) is 0.333. The molecular formula is C18H17ClN4OS2. The summed E-state index contributed by atoms with van der Waals surface area (Å²) in [6.07, 6.45) is 6.55. The zero-order valence-corrected chi connectivity index (χ0v) is 16.5. The van der Waals surface area contributed by atoms with Gasteiger partial charge in [0.2, 0.25) is 5.91 Å². The van der Waals surface area contributed by atoms with Crippen molar-refractivity contribution in [3.8, 4) is 0 Å². The first-order chi connectivity index (χ1) is 12.6. The molecule has 1 aliphatic rings. The van der Waals surface area contributed by atoms with Crippen LogP contribution in [0, 0.1) is 5.92 Å². The Morgan fingerprint density at radius 3 is 3.15 bits per heavy atom. The molecule has 1 aliphatic carbocycles. The van der Waals surface area contributed by atoms with E-state index < -0.39 is 0 Å². The summed E-state index contributed by atoms with van der Waals surface area (Å²) in [5.41, 5.74) is 1.90. The lowest BCUT2D eigenvalue weighted by Gasteiger charge is -2.18. The third-order valence-corrected chi connectivity index (χ3v) is 6.88. The number of carbonyl (C=O) groups is 1. The normalized spacial score (nSPS) is 16.5. The number of nitrogens with one attached hydrogen (secondary N) is 1. The maximum atomic E-state index is 12.3. The lowest BCUT2D eigenvalue weighted by Crippen LogP contribution is -2.14. The van der Waals surface area contributed by atoms with Gasteiger partial charge >= 0.3 is 0 Å². The summed E-state index contributed by atoms with van der Waals surface area (Å²) in [5, 5.41) is 5.10. The summed E-state index contributed by atoms with van der Waals surface area (Å²) in [7, 11) is 0. The smallest absolute Gasteiger partial charge is 0.234 e. The van der Waals surface area contributed by atoms with Gasteiger partial charge in [0.1, 0.15) is 16.2 Å². The van der Waals surface area contributed by atoms with Crippen LogP contribution in [0.2, 0.25) is 5.15 Å². The van der Waals surface area contributed by atoms with E-state index >= 15 is 0 Å². The largest absolute Gasteiger partial charge is 0.323 e. The molecule has 0 aromatic carbocycles. The van der Waals surface area contributed by atoms with Crippen LogP contribution in [0.15, 0.2) is 29.7 Å². The number of pyridine rings is 1. The van der Waals surface area contributed by atoms with Crippen LogP contribution >= 0.6 is 34.7 Å². The van der Waals surface area contributed by atoms with Crippen LogP contribution in [0.3, 0.4) is 0 Å². The van der Waals surface area contributed by atoms with Gasteiger partial charge in [-0.2, -0.15) is 0 Å². The van der Waals surface area contributed by atoms with Crippen LogP contribution in [0.4, 0.5) is 5.69 Å². The number of hydrogen-bond donors (Lipinski definition) is 1. The molecule has 1 amide bonds. The highest BCUT2D eigenvalue weighted by Gasteiger charge is 2.23. The van der Waals surface area contributed by atoms with E-state index in [0.717, 1.165) is 34.0 Å². The third-order valence-electron chi connectivity index (χ3n) is 4.43. The van der Waals surface area contributed by atoms with Gasteiger partial charge < -0.3 is 5.32 Å². The molecule has 3 aromatic heterocycles. The second kappa shape index (κ2) is 7.50. The van der Waals surface area contributed by atoms with Crippen molar-refractivity contribution in [3.05, 3.63) is 40.3 Å². The number of hydrogen-bond acceptors (Lipinski definition) is 6. The van der Waals surface area contributed by atoms with Gasteiger partial charge in [-0.25, -0.2) is 15.0 Å². The van der Waals surface area contributed by atoms with Crippen molar-refractivity contribution >= 4 is 56.5 Å². The zero-order valence-electron chi connectivity index (χ0n) is 14.2. The van der Waals surface area contributed by atoms with Crippen molar-refractivity contribution in [2.24, 2.45) is 5.92 Å². The molecule has 4 rings (SSSR count). The van der Waals surface area contributed by atoms with Crippen LogP contribution in [0.1, 0.15) is 23.8 Å². The number of nitrogens with zero attached hydrogens (tertiary/aromatic N) is 3. The lowest BCUT2D eigenvalue weighted by molar-refractivity contribution is -0.113. The number of fused-ring (bicyclic) bond motifs is 3. The molecule has 0 unspecified atom stereocenters. The van der Waals surface area contributed by atoms with Gasteiger partial charge in [-0.1, -0.05) is 30.3 Å². The maximum absolute atomic E-state index is 12.3. The number of amides is 1. The molecule has 0 spiro atoms. The molecule has 1 atom stereocenters. The van der Waals surface area contributed by atoms with E-state index in [-0.39, 0.29) is 16.8 Å². The first-order valence-corrected chi connectivity index (χ1v) is 10.6. The monoisotopic (exact) mass is 404 g/mol. The maximum Gasteiger partial charge on any atom is 0.234 e. The second-order valence-electron chi connectivity index (χ2n) is 6.39. The summed E-state index contributed by atoms with van der Waals surface area (Å²) in [6, 6.07) is 3.47. The van der Waals surface area contributed by atoms with Crippen molar-refractivity contribution < 1.29 is 4.79 Å². The van der Waals surface area contributed by atoms with Crippen LogP contribution in [-0.2, 0) is 17.6 Å². The highest BCUT2D eigenvalue weighted by Crippen LogP contribution is 2.40. The summed E-state index contributed by atoms with van der Waals surface area (Å²) in [4.78, 5) is 27.6. The molecule has 0 saturated heterocycles. The second-order valence-corrected chi connectivity index (χ2v) is 8.80. The van der Waals surface area contributed by atoms with Gasteiger partial charge in [0.25, 0.3) is 0 Å². The van der Waals surface area contributed by atoms with E-state index in [4.69, 9.17) is 11.6 Å². The highest BCUT2D eigenvalue weighted by molar-refractivity contribution is 8.00. The van der Waals surface area contributed by atoms with Crippen LogP contribution in [-0.4, -0.2) is 26.6 Å². The molecule has 0 radical (unpaired) electrons. The summed E-state index contributed by atoms with van der Waals surface area (Å²) >= 11 is 9.20. The van der Waals surface area contributed by atoms with Gasteiger partial charge in [-0.3, -0.25) is 4.79 Å². The minimum Gasteiger partial charge on any atom is -0.323 e. The van der Waals surface area contributed by atoms with Gasteiger partial charge in [-0.05, 0) is 42.9 Å². The Balaban J connectivity index is 1.52. The van der Waals surface area contributed by atoms with Crippen molar-refractivity contribution in [2.75, 3.05) is 11.1 Å². The van der Waals surface area contributed by atoms with Gasteiger partial charge in [-0.15, -0.1) is 11.3 Å². The summed E-state index contributed by atoms with van der Waals surface area (Å²) < 4.78 is 0. The van der Waals surface area contributed by atoms with Crippen LogP contribution < -0.4 is 5.32 Å². The molecule has 3 heterocycles. The molecule has 0 aliphatic heterocycles. The SMILES string of the molecule is C[C@H]1CCc2c(sc3ncnc(SCC(=O)Nc4cccnc4Cl)c23)C1. The average molecular weight is 405 g/mol. The van der Waals surface area contributed by atoms with E-state index in [9.17, 15) is 4.79 Å². The average Bonchev–Trinajstić information content (AvgIpc) is 3.00. The van der Waals surface area contributed by atoms with Gasteiger partial charge in [0.15, 0.2) is 5.15 Å². The van der Waals surface area contributed by atoms with Gasteiger partial charge in [0.05, 0.1) is 11.4 Å². The van der Waals surface area contributed by atoms with Crippen molar-refractivity contribution in [3.63, 3.8) is 0 Å². The lowest BCUT2D eigenvalue weighted by atomic mass is 9.89. The van der Waals surface area contributed by atoms with Crippen molar-refractivity contribution in [1.82, 2.24) is 15.0 Å². The molecule has 26 heavy (non-hydrogen) atoms. The Bertz CT molecular complexity index is 975. The molecule has 8 heteroatoms. The number of rotatable bonds is 4. The number of anilines is 1. The Morgan fingerprint density at radius 2 is 2.31 bits per heavy atom. The molecular weight excluding hydrogens is 388 g/mol. The van der Waals surface area contributed by atoms with Crippen molar-refractivity contribution in [1.29, 1.82) is 0 Å². The molecule has 0 fully saturated rings. The molecule has 0 saturated carbocycles. The van der Waals surface area contributed by atoms with Crippen LogP contribution in [0.5, 0.6) is 0 Å². The van der Waals surface area contributed by atoms with E-state index in [0.29, 0.717) is 5.69 Å². The Morgan fingerprint density at radius 1 is 1.42 bits per heavy atom. The van der Waals surface area contributed by atoms with E-state index in [2.05, 4.69) is 27.2 Å². The standard InChI is InChI=1S/C18H17ClN4OS2/c1-10-4-5-11-13(7-10)26-18-15(11)17(21-9-22-18)25-8-14(24)23-12-3-2-6-20-16(12)19/h2-3,6,9-10H,4-5,7-8H2,1H3,(H,23,24)/t10-/m0/s1. The molecule has 0 bridgehead atoms. The summed E-state index contributed by atoms with van der Waals surface area (Å²) in [6.45, 7) is 2.29. The third kappa shape index (κ3) is 3.56. The predicted molar refractivity (Wildman–Crippen MR) is 107 cm³/mol. The molecule has 5 nitrogen and oxygen atoms in total. The fourth-order valence-electron chi connectivity index (χ4n) is 3.16. The predicted octanol–water partition coefficient (Wildman–Crippen LogP) is 4.60. The molecule has 1 N–H and O–H groups in total. The quantitative estimate of drug-likeness (QED) is 0.391. The molecule has 134 valence electrons. The number of halogens is 1. The first kappa shape index (κ1) is 17.7. The van der Waals surface area contributed by atoms with E-state index in [1.165, 1.54) is 28.6 Å². The topological polar surface area (TPSA) is 67.8 Å². The minimum absolute atomic E-state index is 0.130. The van der Waals surface area contributed by atoms with Crippen LogP contribution in [0.25, 0.3) is 10.2 Å². The van der Waals surface area contributed by atoms with E-state index in [1.54, 1.807) is 36.0 Å². The summed E-state index contributed by atoms with van der Waals surface area (Å²) in [5.74, 6) is 0.849. The van der Waals surface area contributed by atoms with Crippen molar-refractivity contribution in [2.45, 2.75) is 31.2 Å². The number of carbonyl (C=O) groups excluding carboxylic acids is 1. The number of thiophene rings is 1. The highest BCUT2D eigenvalue weighted by atomic mass is 35.5.